The van der Waals surface area contributed by atoms with Gasteiger partial charge in [0.15, 0.2) is 0 Å². The summed E-state index contributed by atoms with van der Waals surface area (Å²) >= 11 is 0. The number of carbonyl (C=O) groups excluding carboxylic acids is 1. The van der Waals surface area contributed by atoms with E-state index < -0.39 is 5.91 Å². The Kier molecular flexibility index (Phi) is 4.12. The van der Waals surface area contributed by atoms with E-state index in [4.69, 9.17) is 10.5 Å². The minimum Gasteiger partial charge on any atom is -0.375 e. The van der Waals surface area contributed by atoms with Crippen molar-refractivity contribution in [3.8, 4) is 0 Å². The summed E-state index contributed by atoms with van der Waals surface area (Å²) in [5, 5.41) is 3.37. The summed E-state index contributed by atoms with van der Waals surface area (Å²) in [6.07, 6.45) is 2.41. The van der Waals surface area contributed by atoms with Crippen molar-refractivity contribution >= 4 is 5.91 Å². The van der Waals surface area contributed by atoms with Gasteiger partial charge in [0.2, 0.25) is 5.91 Å². The maximum Gasteiger partial charge on any atom is 0.248 e. The molecule has 0 aliphatic carbocycles. The van der Waals surface area contributed by atoms with Crippen molar-refractivity contribution in [1.29, 1.82) is 0 Å². The third-order valence-corrected chi connectivity index (χ3v) is 2.96. The van der Waals surface area contributed by atoms with Crippen LogP contribution in [-0.4, -0.2) is 25.1 Å². The van der Waals surface area contributed by atoms with Crippen LogP contribution in [0.5, 0.6) is 0 Å². The summed E-state index contributed by atoms with van der Waals surface area (Å²) < 4.78 is 5.62. The fourth-order valence-electron chi connectivity index (χ4n) is 2.03. The predicted octanol–water partition coefficient (Wildman–Crippen LogP) is 1.05. The lowest BCUT2D eigenvalue weighted by atomic mass is 10.1. The molecule has 0 bridgehead atoms. The number of nitrogens with one attached hydrogen (secondary N) is 1. The molecule has 3 N–H and O–H groups in total. The van der Waals surface area contributed by atoms with Gasteiger partial charge in [0.1, 0.15) is 0 Å². The van der Waals surface area contributed by atoms with Crippen LogP contribution in [-0.2, 0) is 11.3 Å². The summed E-state index contributed by atoms with van der Waals surface area (Å²) in [6.45, 7) is 2.34. The number of benzene rings is 1. The lowest BCUT2D eigenvalue weighted by Crippen LogP contribution is -2.26. The SMILES string of the molecule is NC(=O)c1cccc(COCC2CCCN2)c1. The van der Waals surface area contributed by atoms with E-state index in [1.807, 2.05) is 12.1 Å². The maximum absolute atomic E-state index is 11.0. The smallest absolute Gasteiger partial charge is 0.248 e. The third kappa shape index (κ3) is 3.54. The Morgan fingerprint density at radius 2 is 2.41 bits per heavy atom. The minimum absolute atomic E-state index is 0.399. The molecule has 1 heterocycles. The van der Waals surface area contributed by atoms with E-state index in [1.165, 1.54) is 12.8 Å². The van der Waals surface area contributed by atoms with E-state index in [-0.39, 0.29) is 0 Å². The number of hydrogen-bond acceptors (Lipinski definition) is 3. The molecule has 0 radical (unpaired) electrons. The number of nitrogens with two attached hydrogens (primary N) is 1. The van der Waals surface area contributed by atoms with Gasteiger partial charge in [-0.25, -0.2) is 0 Å². The average Bonchev–Trinajstić information content (AvgIpc) is 2.82. The van der Waals surface area contributed by atoms with Crippen LogP contribution in [0.3, 0.4) is 0 Å². The second-order valence-electron chi connectivity index (χ2n) is 4.37. The molecule has 1 atom stereocenters. The molecule has 4 heteroatoms. The topological polar surface area (TPSA) is 64.4 Å². The van der Waals surface area contributed by atoms with Crippen LogP contribution in [0.15, 0.2) is 24.3 Å². The van der Waals surface area contributed by atoms with E-state index >= 15 is 0 Å². The highest BCUT2D eigenvalue weighted by molar-refractivity contribution is 5.92. The summed E-state index contributed by atoms with van der Waals surface area (Å²) in [6, 6.07) is 7.74. The predicted molar refractivity (Wildman–Crippen MR) is 65.6 cm³/mol. The highest BCUT2D eigenvalue weighted by atomic mass is 16.5. The van der Waals surface area contributed by atoms with Crippen LogP contribution in [0.2, 0.25) is 0 Å². The van der Waals surface area contributed by atoms with E-state index in [1.54, 1.807) is 12.1 Å². The molecule has 0 aromatic heterocycles. The van der Waals surface area contributed by atoms with Crippen molar-refractivity contribution in [1.82, 2.24) is 5.32 Å². The summed E-state index contributed by atoms with van der Waals surface area (Å²) in [4.78, 5) is 11.0. The molecule has 1 aromatic carbocycles. The highest BCUT2D eigenvalue weighted by Gasteiger charge is 2.13. The number of carbonyl (C=O) groups is 1. The Morgan fingerprint density at radius 3 is 3.12 bits per heavy atom. The Balaban J connectivity index is 1.81. The monoisotopic (exact) mass is 234 g/mol. The molecule has 1 unspecified atom stereocenters. The van der Waals surface area contributed by atoms with Gasteiger partial charge < -0.3 is 15.8 Å². The lowest BCUT2D eigenvalue weighted by molar-refractivity contribution is 0.0995. The van der Waals surface area contributed by atoms with Crippen LogP contribution in [0.25, 0.3) is 0 Å². The van der Waals surface area contributed by atoms with Crippen LogP contribution >= 0.6 is 0 Å². The van der Waals surface area contributed by atoms with Gasteiger partial charge in [0.05, 0.1) is 13.2 Å². The molecule has 1 aliphatic rings. The second-order valence-corrected chi connectivity index (χ2v) is 4.37. The molecule has 1 fully saturated rings. The van der Waals surface area contributed by atoms with Crippen molar-refractivity contribution in [2.24, 2.45) is 5.73 Å². The first-order chi connectivity index (χ1) is 8.25. The van der Waals surface area contributed by atoms with Crippen LogP contribution in [0.4, 0.5) is 0 Å². The van der Waals surface area contributed by atoms with E-state index in [2.05, 4.69) is 5.32 Å². The number of primary amides is 1. The first-order valence-corrected chi connectivity index (χ1v) is 5.95. The fraction of sp³-hybridized carbons (Fsp3) is 0.462. The van der Waals surface area contributed by atoms with Crippen molar-refractivity contribution in [2.75, 3.05) is 13.2 Å². The van der Waals surface area contributed by atoms with E-state index in [0.717, 1.165) is 18.7 Å². The maximum atomic E-state index is 11.0. The Hall–Kier alpha value is -1.39. The number of amides is 1. The molecule has 1 amide bonds. The zero-order valence-electron chi connectivity index (χ0n) is 9.82. The Morgan fingerprint density at radius 1 is 1.53 bits per heavy atom. The van der Waals surface area contributed by atoms with Crippen molar-refractivity contribution in [3.05, 3.63) is 35.4 Å². The van der Waals surface area contributed by atoms with Gasteiger partial charge in [-0.3, -0.25) is 4.79 Å². The van der Waals surface area contributed by atoms with Crippen LogP contribution in [0, 0.1) is 0 Å². The van der Waals surface area contributed by atoms with Crippen LogP contribution in [0.1, 0.15) is 28.8 Å². The van der Waals surface area contributed by atoms with Gasteiger partial charge in [0, 0.05) is 11.6 Å². The zero-order valence-corrected chi connectivity index (χ0v) is 9.82. The van der Waals surface area contributed by atoms with Gasteiger partial charge in [-0.2, -0.15) is 0 Å². The fourth-order valence-corrected chi connectivity index (χ4v) is 2.03. The second kappa shape index (κ2) is 5.80. The van der Waals surface area contributed by atoms with Gasteiger partial charge in [-0.05, 0) is 37.1 Å². The van der Waals surface area contributed by atoms with Crippen molar-refractivity contribution in [2.45, 2.75) is 25.5 Å². The summed E-state index contributed by atoms with van der Waals surface area (Å²) in [5.41, 5.74) is 6.74. The quantitative estimate of drug-likeness (QED) is 0.800. The molecule has 1 aromatic rings. The summed E-state index contributed by atoms with van der Waals surface area (Å²) in [7, 11) is 0. The summed E-state index contributed by atoms with van der Waals surface area (Å²) in [5.74, 6) is -0.399. The van der Waals surface area contributed by atoms with Crippen molar-refractivity contribution in [3.63, 3.8) is 0 Å². The normalized spacial score (nSPS) is 19.4. The van der Waals surface area contributed by atoms with Gasteiger partial charge in [0.25, 0.3) is 0 Å². The Labute approximate surface area is 101 Å². The molecular weight excluding hydrogens is 216 g/mol. The van der Waals surface area contributed by atoms with E-state index in [9.17, 15) is 4.79 Å². The average molecular weight is 234 g/mol. The molecule has 0 saturated carbocycles. The van der Waals surface area contributed by atoms with Gasteiger partial charge in [-0.1, -0.05) is 12.1 Å². The number of rotatable bonds is 5. The molecule has 4 nitrogen and oxygen atoms in total. The largest absolute Gasteiger partial charge is 0.375 e. The molecule has 2 rings (SSSR count). The first-order valence-electron chi connectivity index (χ1n) is 5.95. The first kappa shape index (κ1) is 12.1. The molecule has 0 spiro atoms. The van der Waals surface area contributed by atoms with Crippen LogP contribution < -0.4 is 11.1 Å². The zero-order chi connectivity index (χ0) is 12.1. The molecule has 92 valence electrons. The molecule has 17 heavy (non-hydrogen) atoms. The van der Waals surface area contributed by atoms with Gasteiger partial charge in [-0.15, -0.1) is 0 Å². The van der Waals surface area contributed by atoms with Gasteiger partial charge >= 0.3 is 0 Å². The number of hydrogen-bond donors (Lipinski definition) is 2. The van der Waals surface area contributed by atoms with E-state index in [0.29, 0.717) is 18.2 Å². The highest BCUT2D eigenvalue weighted by Crippen LogP contribution is 2.09. The molecule has 1 saturated heterocycles. The minimum atomic E-state index is -0.399. The third-order valence-electron chi connectivity index (χ3n) is 2.96. The molecular formula is C13H18N2O2. The Bertz CT molecular complexity index is 387. The molecule has 1 aliphatic heterocycles. The standard InChI is InChI=1S/C13H18N2O2/c14-13(16)11-4-1-3-10(7-11)8-17-9-12-5-2-6-15-12/h1,3-4,7,12,15H,2,5-6,8-9H2,(H2,14,16). The number of ether oxygens (including phenoxy) is 1. The lowest BCUT2D eigenvalue weighted by Gasteiger charge is -2.11. The van der Waals surface area contributed by atoms with Crippen molar-refractivity contribution < 1.29 is 9.53 Å².